The number of carbonyl (C=O) groups excluding carboxylic acids is 2. The van der Waals surface area contributed by atoms with Gasteiger partial charge in [-0.25, -0.2) is 0 Å². The highest BCUT2D eigenvalue weighted by Crippen LogP contribution is 2.16. The van der Waals surface area contributed by atoms with Crippen molar-refractivity contribution >= 4 is 28.2 Å². The van der Waals surface area contributed by atoms with E-state index in [1.807, 2.05) is 66.7 Å². The minimum atomic E-state index is -0.0543. The fraction of sp³-hybridized carbons (Fsp3) is 0.250. The standard InChI is InChI=1S/C24H26N2O2/c25-23-12-6-5-10-20(23)17-22(27)11-2-1-7-15-26-24(28)21-14-13-18-8-3-4-9-19(18)16-21/h3-6,8-10,12-14,16H,1-2,7,11,15,17,25H2,(H,26,28). The van der Waals surface area contributed by atoms with Crippen LogP contribution in [0.2, 0.25) is 0 Å². The minimum absolute atomic E-state index is 0.0543. The summed E-state index contributed by atoms with van der Waals surface area (Å²) in [7, 11) is 0. The highest BCUT2D eigenvalue weighted by Gasteiger charge is 2.07. The number of Topliss-reactive ketones (excluding diaryl/α,β-unsaturated/α-hetero) is 1. The topological polar surface area (TPSA) is 72.2 Å². The molecule has 0 unspecified atom stereocenters. The van der Waals surface area contributed by atoms with Crippen LogP contribution in [0.5, 0.6) is 0 Å². The monoisotopic (exact) mass is 374 g/mol. The van der Waals surface area contributed by atoms with E-state index in [9.17, 15) is 9.59 Å². The van der Waals surface area contributed by atoms with Crippen LogP contribution < -0.4 is 11.1 Å². The van der Waals surface area contributed by atoms with Crippen molar-refractivity contribution in [2.24, 2.45) is 0 Å². The highest BCUT2D eigenvalue weighted by atomic mass is 16.1. The summed E-state index contributed by atoms with van der Waals surface area (Å²) >= 11 is 0. The molecule has 0 aromatic heterocycles. The van der Waals surface area contributed by atoms with Crippen molar-refractivity contribution in [2.45, 2.75) is 32.1 Å². The Kier molecular flexibility index (Phi) is 6.79. The number of para-hydroxylation sites is 1. The lowest BCUT2D eigenvalue weighted by Gasteiger charge is -2.07. The summed E-state index contributed by atoms with van der Waals surface area (Å²) in [6.45, 7) is 0.617. The SMILES string of the molecule is Nc1ccccc1CC(=O)CCCCCNC(=O)c1ccc2ccccc2c1. The molecule has 0 aliphatic rings. The molecule has 0 radical (unpaired) electrons. The zero-order valence-electron chi connectivity index (χ0n) is 16.0. The van der Waals surface area contributed by atoms with Gasteiger partial charge in [-0.15, -0.1) is 0 Å². The first-order valence-corrected chi connectivity index (χ1v) is 9.75. The largest absolute Gasteiger partial charge is 0.398 e. The number of nitrogen functional groups attached to an aromatic ring is 1. The number of benzene rings is 3. The normalized spacial score (nSPS) is 10.7. The first kappa shape index (κ1) is 19.6. The molecule has 0 spiro atoms. The summed E-state index contributed by atoms with van der Waals surface area (Å²) < 4.78 is 0. The van der Waals surface area contributed by atoms with Gasteiger partial charge in [0.25, 0.3) is 5.91 Å². The van der Waals surface area contributed by atoms with E-state index in [0.29, 0.717) is 30.6 Å². The first-order valence-electron chi connectivity index (χ1n) is 9.75. The molecule has 0 aliphatic carbocycles. The Labute approximate surface area is 165 Å². The third-order valence-corrected chi connectivity index (χ3v) is 4.87. The van der Waals surface area contributed by atoms with Crippen molar-refractivity contribution in [1.29, 1.82) is 0 Å². The van der Waals surface area contributed by atoms with E-state index in [4.69, 9.17) is 5.73 Å². The molecule has 0 heterocycles. The fourth-order valence-electron chi connectivity index (χ4n) is 3.25. The van der Waals surface area contributed by atoms with Crippen LogP contribution in [0.15, 0.2) is 66.7 Å². The lowest BCUT2D eigenvalue weighted by Crippen LogP contribution is -2.24. The predicted octanol–water partition coefficient (Wildman–Crippen LogP) is 4.52. The van der Waals surface area contributed by atoms with E-state index in [1.54, 1.807) is 0 Å². The van der Waals surface area contributed by atoms with Gasteiger partial charge in [-0.05, 0) is 47.4 Å². The number of ketones is 1. The second kappa shape index (κ2) is 9.70. The third-order valence-electron chi connectivity index (χ3n) is 4.87. The van der Waals surface area contributed by atoms with Crippen molar-refractivity contribution in [3.63, 3.8) is 0 Å². The molecule has 3 rings (SSSR count). The maximum Gasteiger partial charge on any atom is 0.251 e. The Hall–Kier alpha value is -3.14. The van der Waals surface area contributed by atoms with Gasteiger partial charge < -0.3 is 11.1 Å². The van der Waals surface area contributed by atoms with Crippen LogP contribution in [0.4, 0.5) is 5.69 Å². The lowest BCUT2D eigenvalue weighted by molar-refractivity contribution is -0.118. The van der Waals surface area contributed by atoms with Crippen LogP contribution in [0.1, 0.15) is 41.6 Å². The van der Waals surface area contributed by atoms with Crippen LogP contribution in [-0.4, -0.2) is 18.2 Å². The molecule has 0 saturated heterocycles. The molecule has 3 aromatic rings. The van der Waals surface area contributed by atoms with E-state index in [0.717, 1.165) is 35.6 Å². The highest BCUT2D eigenvalue weighted by molar-refractivity contribution is 5.98. The molecule has 1 amide bonds. The third kappa shape index (κ3) is 5.43. The second-order valence-corrected chi connectivity index (χ2v) is 7.04. The van der Waals surface area contributed by atoms with Crippen molar-refractivity contribution in [3.8, 4) is 0 Å². The predicted molar refractivity (Wildman–Crippen MR) is 114 cm³/mol. The molecule has 144 valence electrons. The fourth-order valence-corrected chi connectivity index (χ4v) is 3.25. The number of amides is 1. The van der Waals surface area contributed by atoms with Gasteiger partial charge in [-0.2, -0.15) is 0 Å². The van der Waals surface area contributed by atoms with Crippen LogP contribution in [0.3, 0.4) is 0 Å². The lowest BCUT2D eigenvalue weighted by atomic mass is 10.0. The molecule has 0 bridgehead atoms. The van der Waals surface area contributed by atoms with Crippen LogP contribution >= 0.6 is 0 Å². The Morgan fingerprint density at radius 1 is 0.821 bits per heavy atom. The number of nitrogens with two attached hydrogens (primary N) is 1. The Bertz CT molecular complexity index is 965. The quantitative estimate of drug-likeness (QED) is 0.427. The maximum atomic E-state index is 12.3. The Morgan fingerprint density at radius 3 is 2.39 bits per heavy atom. The molecular formula is C24H26N2O2. The molecular weight excluding hydrogens is 348 g/mol. The van der Waals surface area contributed by atoms with E-state index in [1.165, 1.54) is 0 Å². The average molecular weight is 374 g/mol. The molecule has 4 heteroatoms. The number of hydrogen-bond donors (Lipinski definition) is 2. The molecule has 3 N–H and O–H groups in total. The van der Waals surface area contributed by atoms with E-state index < -0.39 is 0 Å². The Balaban J connectivity index is 1.34. The number of carbonyl (C=O) groups is 2. The molecule has 4 nitrogen and oxygen atoms in total. The zero-order valence-corrected chi connectivity index (χ0v) is 16.0. The van der Waals surface area contributed by atoms with Gasteiger partial charge in [0.2, 0.25) is 0 Å². The summed E-state index contributed by atoms with van der Waals surface area (Å²) in [6.07, 6.45) is 3.55. The van der Waals surface area contributed by atoms with Gasteiger partial charge in [0.1, 0.15) is 5.78 Å². The molecule has 0 aliphatic heterocycles. The second-order valence-electron chi connectivity index (χ2n) is 7.04. The van der Waals surface area contributed by atoms with Gasteiger partial charge in [0.15, 0.2) is 0 Å². The summed E-state index contributed by atoms with van der Waals surface area (Å²) in [6, 6.07) is 21.2. The summed E-state index contributed by atoms with van der Waals surface area (Å²) in [5, 5.41) is 5.15. The van der Waals surface area contributed by atoms with Gasteiger partial charge in [-0.1, -0.05) is 55.0 Å². The van der Waals surface area contributed by atoms with Gasteiger partial charge in [0.05, 0.1) is 0 Å². The first-order chi connectivity index (χ1) is 13.6. The van der Waals surface area contributed by atoms with Crippen LogP contribution in [0, 0.1) is 0 Å². The van der Waals surface area contributed by atoms with Gasteiger partial charge in [0, 0.05) is 30.6 Å². The van der Waals surface area contributed by atoms with E-state index in [-0.39, 0.29) is 11.7 Å². The van der Waals surface area contributed by atoms with Gasteiger partial charge in [-0.3, -0.25) is 9.59 Å². The molecule has 0 atom stereocenters. The van der Waals surface area contributed by atoms with Gasteiger partial charge >= 0.3 is 0 Å². The zero-order chi connectivity index (χ0) is 19.8. The number of hydrogen-bond acceptors (Lipinski definition) is 3. The Morgan fingerprint density at radius 2 is 1.57 bits per heavy atom. The van der Waals surface area contributed by atoms with E-state index >= 15 is 0 Å². The smallest absolute Gasteiger partial charge is 0.251 e. The van der Waals surface area contributed by atoms with Crippen LogP contribution in [0.25, 0.3) is 10.8 Å². The molecule has 0 saturated carbocycles. The van der Waals surface area contributed by atoms with Crippen molar-refractivity contribution in [1.82, 2.24) is 5.32 Å². The maximum absolute atomic E-state index is 12.3. The van der Waals surface area contributed by atoms with Crippen molar-refractivity contribution < 1.29 is 9.59 Å². The average Bonchev–Trinajstić information content (AvgIpc) is 2.71. The summed E-state index contributed by atoms with van der Waals surface area (Å²) in [5.74, 6) is 0.152. The molecule has 28 heavy (non-hydrogen) atoms. The van der Waals surface area contributed by atoms with Crippen molar-refractivity contribution in [2.75, 3.05) is 12.3 Å². The number of fused-ring (bicyclic) bond motifs is 1. The molecule has 3 aromatic carbocycles. The number of nitrogens with one attached hydrogen (secondary N) is 1. The summed E-state index contributed by atoms with van der Waals surface area (Å²) in [4.78, 5) is 24.4. The molecule has 0 fully saturated rings. The number of unbranched alkanes of at least 4 members (excludes halogenated alkanes) is 2. The number of anilines is 1. The van der Waals surface area contributed by atoms with Crippen LogP contribution in [-0.2, 0) is 11.2 Å². The summed E-state index contributed by atoms with van der Waals surface area (Å²) in [5.41, 5.74) is 8.12. The van der Waals surface area contributed by atoms with Crippen molar-refractivity contribution in [3.05, 3.63) is 77.9 Å². The number of rotatable bonds is 9. The minimum Gasteiger partial charge on any atom is -0.398 e. The van der Waals surface area contributed by atoms with E-state index in [2.05, 4.69) is 5.32 Å².